The van der Waals surface area contributed by atoms with E-state index in [1.807, 2.05) is 0 Å². The molecule has 0 bridgehead atoms. The van der Waals surface area contributed by atoms with E-state index in [9.17, 15) is 18.0 Å². The number of anilines is 1. The lowest BCUT2D eigenvalue weighted by atomic mass is 10.2. The van der Waals surface area contributed by atoms with E-state index < -0.39 is 23.4 Å². The molecule has 4 nitrogen and oxygen atoms in total. The average Bonchev–Trinajstić information content (AvgIpc) is 2.71. The highest BCUT2D eigenvalue weighted by molar-refractivity contribution is 6.03. The van der Waals surface area contributed by atoms with E-state index in [0.717, 1.165) is 0 Å². The average molecular weight is 256 g/mol. The Morgan fingerprint density at radius 1 is 1.22 bits per heavy atom. The molecule has 1 amide bonds. The number of hydrogen-bond donors (Lipinski definition) is 1. The molecule has 7 heteroatoms. The number of hydrogen-bond acceptors (Lipinski definition) is 3. The molecule has 1 aromatic carbocycles. The van der Waals surface area contributed by atoms with E-state index in [2.05, 4.69) is 10.5 Å². The second kappa shape index (κ2) is 4.52. The molecule has 0 aliphatic carbocycles. The van der Waals surface area contributed by atoms with Crippen LogP contribution in [0.2, 0.25) is 0 Å². The highest BCUT2D eigenvalue weighted by Gasteiger charge is 2.16. The van der Waals surface area contributed by atoms with Crippen LogP contribution in [0.5, 0.6) is 0 Å². The van der Waals surface area contributed by atoms with Gasteiger partial charge >= 0.3 is 0 Å². The summed E-state index contributed by atoms with van der Waals surface area (Å²) in [6, 6.07) is 2.61. The van der Waals surface area contributed by atoms with Crippen LogP contribution in [0.3, 0.4) is 0 Å². The molecule has 1 aromatic heterocycles. The molecule has 0 saturated carbocycles. The van der Waals surface area contributed by atoms with Gasteiger partial charge in [0.15, 0.2) is 17.5 Å². The molecule has 18 heavy (non-hydrogen) atoms. The van der Waals surface area contributed by atoms with Crippen molar-refractivity contribution >= 4 is 11.8 Å². The minimum Gasteiger partial charge on any atom is -0.338 e. The van der Waals surface area contributed by atoms with Crippen molar-refractivity contribution < 1.29 is 22.5 Å². The molecule has 0 aliphatic heterocycles. The number of benzene rings is 1. The third kappa shape index (κ3) is 2.34. The van der Waals surface area contributed by atoms with Gasteiger partial charge in [0.05, 0.1) is 5.69 Å². The second-order valence-electron chi connectivity index (χ2n) is 3.54. The van der Waals surface area contributed by atoms with Crippen LogP contribution in [-0.2, 0) is 0 Å². The summed E-state index contributed by atoms with van der Waals surface area (Å²) in [6.45, 7) is 1.64. The number of nitrogens with one attached hydrogen (secondary N) is 1. The van der Waals surface area contributed by atoms with Gasteiger partial charge in [-0.1, -0.05) is 5.16 Å². The summed E-state index contributed by atoms with van der Waals surface area (Å²) < 4.78 is 43.2. The molecule has 0 unspecified atom stereocenters. The van der Waals surface area contributed by atoms with Crippen molar-refractivity contribution in [3.8, 4) is 0 Å². The highest BCUT2D eigenvalue weighted by Crippen LogP contribution is 2.15. The van der Waals surface area contributed by atoms with Crippen LogP contribution in [-0.4, -0.2) is 11.1 Å². The number of halogens is 3. The van der Waals surface area contributed by atoms with Crippen molar-refractivity contribution in [3.05, 3.63) is 46.9 Å². The third-order valence-electron chi connectivity index (χ3n) is 2.11. The maximum atomic E-state index is 12.9. The van der Waals surface area contributed by atoms with Crippen molar-refractivity contribution in [1.82, 2.24) is 5.16 Å². The van der Waals surface area contributed by atoms with Gasteiger partial charge in [0.25, 0.3) is 5.91 Å². The molecule has 2 rings (SSSR count). The first-order chi connectivity index (χ1) is 8.47. The molecule has 0 saturated heterocycles. The van der Waals surface area contributed by atoms with Crippen LogP contribution < -0.4 is 5.32 Å². The number of rotatable bonds is 2. The summed E-state index contributed by atoms with van der Waals surface area (Å²) >= 11 is 0. The Kier molecular flexibility index (Phi) is 3.05. The van der Waals surface area contributed by atoms with Gasteiger partial charge in [0, 0.05) is 11.6 Å². The fourth-order valence-electron chi connectivity index (χ4n) is 1.29. The Balaban J connectivity index is 2.24. The third-order valence-corrected chi connectivity index (χ3v) is 2.11. The molecule has 0 aliphatic rings. The van der Waals surface area contributed by atoms with Gasteiger partial charge in [-0.15, -0.1) is 0 Å². The maximum absolute atomic E-state index is 12.9. The van der Waals surface area contributed by atoms with Gasteiger partial charge in [0.2, 0.25) is 5.88 Å². The summed E-state index contributed by atoms with van der Waals surface area (Å²) in [4.78, 5) is 11.6. The summed E-state index contributed by atoms with van der Waals surface area (Å²) in [5.74, 6) is -5.29. The standard InChI is InChI=1S/C11H7F3N2O2/c1-5-2-9(18-16-5)15-11(17)6-3-7(12)10(14)8(13)4-6/h2-4H,1H3,(H,15,17). The highest BCUT2D eigenvalue weighted by atomic mass is 19.2. The van der Waals surface area contributed by atoms with Crippen LogP contribution in [0.25, 0.3) is 0 Å². The van der Waals surface area contributed by atoms with E-state index in [4.69, 9.17) is 4.52 Å². The van der Waals surface area contributed by atoms with Gasteiger partial charge in [-0.2, -0.15) is 0 Å². The van der Waals surface area contributed by atoms with E-state index in [-0.39, 0.29) is 11.4 Å². The van der Waals surface area contributed by atoms with Crippen LogP contribution in [0, 0.1) is 24.4 Å². The molecule has 0 spiro atoms. The van der Waals surface area contributed by atoms with Crippen LogP contribution in [0.1, 0.15) is 16.1 Å². The molecular formula is C11H7F3N2O2. The molecule has 0 fully saturated rings. The second-order valence-corrected chi connectivity index (χ2v) is 3.54. The number of aryl methyl sites for hydroxylation is 1. The molecular weight excluding hydrogens is 249 g/mol. The smallest absolute Gasteiger partial charge is 0.258 e. The van der Waals surface area contributed by atoms with E-state index in [1.165, 1.54) is 6.07 Å². The van der Waals surface area contributed by atoms with Gasteiger partial charge in [-0.25, -0.2) is 13.2 Å². The topological polar surface area (TPSA) is 55.1 Å². The van der Waals surface area contributed by atoms with Gasteiger partial charge < -0.3 is 4.52 Å². The summed E-state index contributed by atoms with van der Waals surface area (Å²) in [5, 5.41) is 5.74. The molecule has 2 aromatic rings. The van der Waals surface area contributed by atoms with Crippen molar-refractivity contribution in [1.29, 1.82) is 0 Å². The molecule has 1 heterocycles. The number of carbonyl (C=O) groups is 1. The Bertz CT molecular complexity index is 587. The SMILES string of the molecule is Cc1cc(NC(=O)c2cc(F)c(F)c(F)c2)on1. The van der Waals surface area contributed by atoms with Gasteiger partial charge in [0.1, 0.15) is 0 Å². The van der Waals surface area contributed by atoms with Crippen molar-refractivity contribution in [2.24, 2.45) is 0 Å². The fraction of sp³-hybridized carbons (Fsp3) is 0.0909. The quantitative estimate of drug-likeness (QED) is 0.840. The lowest BCUT2D eigenvalue weighted by Gasteiger charge is -2.02. The predicted molar refractivity (Wildman–Crippen MR) is 55.5 cm³/mol. The Labute approximate surface area is 99.4 Å². The lowest BCUT2D eigenvalue weighted by Crippen LogP contribution is -2.12. The number of nitrogens with zero attached hydrogens (tertiary/aromatic N) is 1. The number of carbonyl (C=O) groups excluding carboxylic acids is 1. The zero-order valence-corrected chi connectivity index (χ0v) is 9.13. The first-order valence-corrected chi connectivity index (χ1v) is 4.86. The minimum absolute atomic E-state index is 0.0302. The monoisotopic (exact) mass is 256 g/mol. The summed E-state index contributed by atoms with van der Waals surface area (Å²) in [7, 11) is 0. The van der Waals surface area contributed by atoms with Crippen molar-refractivity contribution in [2.45, 2.75) is 6.92 Å². The van der Waals surface area contributed by atoms with Gasteiger partial charge in [-0.05, 0) is 19.1 Å². The van der Waals surface area contributed by atoms with Crippen LogP contribution in [0.4, 0.5) is 19.1 Å². The van der Waals surface area contributed by atoms with E-state index in [0.29, 0.717) is 17.8 Å². The fourth-order valence-corrected chi connectivity index (χ4v) is 1.29. The molecule has 94 valence electrons. The normalized spacial score (nSPS) is 10.4. The lowest BCUT2D eigenvalue weighted by molar-refractivity contribution is 0.102. The van der Waals surface area contributed by atoms with Crippen LogP contribution >= 0.6 is 0 Å². The number of aromatic nitrogens is 1. The number of amides is 1. The summed E-state index contributed by atoms with van der Waals surface area (Å²) in [6.07, 6.45) is 0. The van der Waals surface area contributed by atoms with Gasteiger partial charge in [-0.3, -0.25) is 10.1 Å². The largest absolute Gasteiger partial charge is 0.338 e. The maximum Gasteiger partial charge on any atom is 0.258 e. The Morgan fingerprint density at radius 3 is 2.33 bits per heavy atom. The van der Waals surface area contributed by atoms with E-state index >= 15 is 0 Å². The zero-order valence-electron chi connectivity index (χ0n) is 9.13. The first-order valence-electron chi connectivity index (χ1n) is 4.86. The molecule has 0 radical (unpaired) electrons. The van der Waals surface area contributed by atoms with Crippen molar-refractivity contribution in [2.75, 3.05) is 5.32 Å². The first kappa shape index (κ1) is 12.2. The van der Waals surface area contributed by atoms with E-state index in [1.54, 1.807) is 6.92 Å². The van der Waals surface area contributed by atoms with Crippen LogP contribution in [0.15, 0.2) is 22.7 Å². The Hall–Kier alpha value is -2.31. The molecule has 0 atom stereocenters. The summed E-state index contributed by atoms with van der Waals surface area (Å²) in [5.41, 5.74) is 0.169. The van der Waals surface area contributed by atoms with Crippen molar-refractivity contribution in [3.63, 3.8) is 0 Å². The predicted octanol–water partition coefficient (Wildman–Crippen LogP) is 2.65. The zero-order chi connectivity index (χ0) is 13.3. The Morgan fingerprint density at radius 2 is 1.83 bits per heavy atom. The molecule has 1 N–H and O–H groups in total. The minimum atomic E-state index is -1.62.